The van der Waals surface area contributed by atoms with E-state index in [0.29, 0.717) is 25.9 Å². The first-order valence-corrected chi connectivity index (χ1v) is 12.8. The van der Waals surface area contributed by atoms with E-state index in [1.807, 2.05) is 44.2 Å². The van der Waals surface area contributed by atoms with Gasteiger partial charge < -0.3 is 24.4 Å². The maximum atomic E-state index is 14.4. The van der Waals surface area contributed by atoms with Crippen LogP contribution in [-0.4, -0.2) is 71.3 Å². The number of cyclic esters (lactones) is 1. The topological polar surface area (TPSA) is 96.4 Å². The zero-order valence-electron chi connectivity index (χ0n) is 21.1. The molecule has 192 valence electrons. The first-order valence-electron chi connectivity index (χ1n) is 12.8. The highest BCUT2D eigenvalue weighted by Gasteiger charge is 2.74. The van der Waals surface area contributed by atoms with Crippen LogP contribution >= 0.6 is 0 Å². The van der Waals surface area contributed by atoms with Crippen molar-refractivity contribution >= 4 is 23.5 Å². The van der Waals surface area contributed by atoms with Crippen LogP contribution in [0.15, 0.2) is 42.5 Å². The number of benzene rings is 1. The van der Waals surface area contributed by atoms with E-state index in [9.17, 15) is 19.5 Å². The number of aliphatic hydroxyl groups excluding tert-OH is 1. The van der Waals surface area contributed by atoms with Crippen LogP contribution in [0, 0.1) is 25.7 Å². The molecule has 0 radical (unpaired) electrons. The SMILES string of the molecule is Cc1cccc(C)c1N1CC=C[C@]23O[C@]4(C)C=CCOC(=O)[C@@H]4[C@H]2C(=O)N(CCCCCO)C3C1=O. The molecule has 0 saturated carbocycles. The summed E-state index contributed by atoms with van der Waals surface area (Å²) in [6.45, 7) is 6.64. The summed E-state index contributed by atoms with van der Waals surface area (Å²) < 4.78 is 12.1. The number of unbranched alkanes of at least 4 members (excludes halogenated alkanes) is 2. The quantitative estimate of drug-likeness (QED) is 0.371. The van der Waals surface area contributed by atoms with E-state index in [2.05, 4.69) is 0 Å². The molecule has 8 heteroatoms. The van der Waals surface area contributed by atoms with Crippen molar-refractivity contribution in [3.05, 3.63) is 53.6 Å². The Hall–Kier alpha value is -2.97. The molecule has 2 saturated heterocycles. The lowest BCUT2D eigenvalue weighted by Crippen LogP contribution is -2.56. The smallest absolute Gasteiger partial charge is 0.313 e. The van der Waals surface area contributed by atoms with Crippen LogP contribution < -0.4 is 4.90 Å². The molecule has 0 bridgehead atoms. The number of carbonyl (C=O) groups excluding carboxylic acids is 3. The Morgan fingerprint density at radius 3 is 2.47 bits per heavy atom. The summed E-state index contributed by atoms with van der Waals surface area (Å²) in [7, 11) is 0. The van der Waals surface area contributed by atoms with Gasteiger partial charge in [-0.15, -0.1) is 0 Å². The monoisotopic (exact) mass is 494 g/mol. The first kappa shape index (κ1) is 24.7. The van der Waals surface area contributed by atoms with E-state index in [1.54, 1.807) is 28.9 Å². The van der Waals surface area contributed by atoms with Crippen LogP contribution in [-0.2, 0) is 23.9 Å². The molecule has 36 heavy (non-hydrogen) atoms. The van der Waals surface area contributed by atoms with Crippen molar-refractivity contribution in [3.8, 4) is 0 Å². The maximum absolute atomic E-state index is 14.4. The van der Waals surface area contributed by atoms with Gasteiger partial charge in [-0.05, 0) is 57.2 Å². The Bertz CT molecular complexity index is 1120. The molecule has 4 aliphatic heterocycles. The van der Waals surface area contributed by atoms with Gasteiger partial charge in [-0.2, -0.15) is 0 Å². The molecule has 1 aromatic carbocycles. The van der Waals surface area contributed by atoms with Gasteiger partial charge in [0.15, 0.2) is 0 Å². The Kier molecular flexibility index (Phi) is 6.29. The van der Waals surface area contributed by atoms with Crippen LogP contribution in [0.25, 0.3) is 0 Å². The summed E-state index contributed by atoms with van der Waals surface area (Å²) in [6, 6.07) is 5.00. The van der Waals surface area contributed by atoms with Crippen molar-refractivity contribution < 1.29 is 29.0 Å². The number of amides is 2. The van der Waals surface area contributed by atoms with Crippen molar-refractivity contribution in [2.45, 2.75) is 57.3 Å². The minimum absolute atomic E-state index is 0.0770. The molecule has 1 aromatic rings. The number of esters is 1. The van der Waals surface area contributed by atoms with Crippen LogP contribution in [0.3, 0.4) is 0 Å². The van der Waals surface area contributed by atoms with Crippen molar-refractivity contribution in [2.75, 3.05) is 31.2 Å². The molecule has 5 rings (SSSR count). The van der Waals surface area contributed by atoms with E-state index in [1.165, 1.54) is 0 Å². The molecule has 4 aliphatic rings. The predicted molar refractivity (Wildman–Crippen MR) is 133 cm³/mol. The summed E-state index contributed by atoms with van der Waals surface area (Å²) in [6.07, 6.45) is 9.27. The number of likely N-dealkylation sites (tertiary alicyclic amines) is 1. The van der Waals surface area contributed by atoms with Gasteiger partial charge >= 0.3 is 5.97 Å². The van der Waals surface area contributed by atoms with Crippen molar-refractivity contribution in [1.82, 2.24) is 4.90 Å². The Balaban J connectivity index is 1.62. The van der Waals surface area contributed by atoms with E-state index >= 15 is 0 Å². The van der Waals surface area contributed by atoms with E-state index in [-0.39, 0.29) is 25.0 Å². The number of hydrogen-bond acceptors (Lipinski definition) is 6. The number of carbonyl (C=O) groups is 3. The number of fused-ring (bicyclic) bond motifs is 2. The van der Waals surface area contributed by atoms with Gasteiger partial charge in [-0.25, -0.2) is 0 Å². The second-order valence-electron chi connectivity index (χ2n) is 10.4. The molecule has 0 aliphatic carbocycles. The number of anilines is 1. The van der Waals surface area contributed by atoms with Gasteiger partial charge in [-0.3, -0.25) is 14.4 Å². The molecular weight excluding hydrogens is 460 g/mol. The number of aryl methyl sites for hydroxylation is 2. The van der Waals surface area contributed by atoms with Crippen molar-refractivity contribution in [3.63, 3.8) is 0 Å². The number of ether oxygens (including phenoxy) is 2. The summed E-state index contributed by atoms with van der Waals surface area (Å²) in [5.74, 6) is -2.66. The molecule has 0 aromatic heterocycles. The zero-order valence-corrected chi connectivity index (χ0v) is 21.1. The second-order valence-corrected chi connectivity index (χ2v) is 10.4. The number of aliphatic hydroxyl groups is 1. The molecule has 1 spiro atoms. The molecule has 5 atom stereocenters. The molecule has 1 N–H and O–H groups in total. The first-order chi connectivity index (χ1) is 17.2. The molecule has 2 fully saturated rings. The van der Waals surface area contributed by atoms with E-state index < -0.39 is 35.0 Å². The zero-order chi connectivity index (χ0) is 25.7. The lowest BCUT2D eigenvalue weighted by atomic mass is 9.75. The van der Waals surface area contributed by atoms with Crippen LogP contribution in [0.4, 0.5) is 5.69 Å². The lowest BCUT2D eigenvalue weighted by molar-refractivity contribution is -0.156. The molecule has 8 nitrogen and oxygen atoms in total. The van der Waals surface area contributed by atoms with E-state index in [0.717, 1.165) is 23.2 Å². The highest BCUT2D eigenvalue weighted by atomic mass is 16.6. The lowest BCUT2D eigenvalue weighted by Gasteiger charge is -2.37. The normalized spacial score (nSPS) is 33.2. The Morgan fingerprint density at radius 2 is 1.75 bits per heavy atom. The third-order valence-electron chi connectivity index (χ3n) is 8.08. The third-order valence-corrected chi connectivity index (χ3v) is 8.08. The number of hydrogen-bond donors (Lipinski definition) is 1. The van der Waals surface area contributed by atoms with Gasteiger partial charge in [-0.1, -0.05) is 36.4 Å². The number of rotatable bonds is 6. The number of para-hydroxylation sites is 1. The summed E-state index contributed by atoms with van der Waals surface area (Å²) >= 11 is 0. The highest BCUT2D eigenvalue weighted by Crippen LogP contribution is 2.57. The largest absolute Gasteiger partial charge is 0.461 e. The predicted octanol–water partition coefficient (Wildman–Crippen LogP) is 2.45. The second kappa shape index (κ2) is 9.16. The average molecular weight is 495 g/mol. The van der Waals surface area contributed by atoms with Gasteiger partial charge in [0.05, 0.1) is 11.5 Å². The van der Waals surface area contributed by atoms with Crippen molar-refractivity contribution in [2.24, 2.45) is 11.8 Å². The van der Waals surface area contributed by atoms with E-state index in [4.69, 9.17) is 9.47 Å². The minimum atomic E-state index is -1.28. The van der Waals surface area contributed by atoms with Crippen molar-refractivity contribution in [1.29, 1.82) is 0 Å². The van der Waals surface area contributed by atoms with Crippen LogP contribution in [0.1, 0.15) is 37.3 Å². The highest BCUT2D eigenvalue weighted by molar-refractivity contribution is 6.06. The molecule has 1 unspecified atom stereocenters. The van der Waals surface area contributed by atoms with Crippen LogP contribution in [0.2, 0.25) is 0 Å². The number of nitrogens with zero attached hydrogens (tertiary/aromatic N) is 2. The summed E-state index contributed by atoms with van der Waals surface area (Å²) in [4.78, 5) is 45.0. The van der Waals surface area contributed by atoms with Gasteiger partial charge in [0.25, 0.3) is 5.91 Å². The maximum Gasteiger partial charge on any atom is 0.313 e. The molecule has 4 heterocycles. The fourth-order valence-electron chi connectivity index (χ4n) is 6.60. The third kappa shape index (κ3) is 3.61. The Labute approximate surface area is 211 Å². The average Bonchev–Trinajstić information content (AvgIpc) is 3.08. The molecule has 2 amide bonds. The summed E-state index contributed by atoms with van der Waals surface area (Å²) in [5, 5.41) is 9.21. The summed E-state index contributed by atoms with van der Waals surface area (Å²) in [5.41, 5.74) is 0.431. The fourth-order valence-corrected chi connectivity index (χ4v) is 6.60. The molecular formula is C28H34N2O6. The minimum Gasteiger partial charge on any atom is -0.461 e. The van der Waals surface area contributed by atoms with Gasteiger partial charge in [0.2, 0.25) is 5.91 Å². The van der Waals surface area contributed by atoms with Gasteiger partial charge in [0.1, 0.15) is 24.2 Å². The Morgan fingerprint density at radius 1 is 1.00 bits per heavy atom. The van der Waals surface area contributed by atoms with Gasteiger partial charge in [0, 0.05) is 25.4 Å². The van der Waals surface area contributed by atoms with Crippen LogP contribution in [0.5, 0.6) is 0 Å². The fraction of sp³-hybridized carbons (Fsp3) is 0.536. The standard InChI is InChI=1S/C28H34N2O6/c1-18-10-7-11-19(2)22(18)29-15-8-13-28-20(21-26(34)35-17-9-12-27(21,3)36-28)24(32)30(23(28)25(29)33)14-5-4-6-16-31/h7-13,20-21,23,31H,4-6,14-17H2,1-3H3/t20-,21-,23?,27+,28-/m0/s1.